The molecule has 0 unspecified atom stereocenters. The van der Waals surface area contributed by atoms with Crippen molar-refractivity contribution < 1.29 is 9.90 Å². The molecule has 1 aliphatic rings. The van der Waals surface area contributed by atoms with Crippen molar-refractivity contribution >= 4 is 11.7 Å². The molecule has 0 aromatic heterocycles. The summed E-state index contributed by atoms with van der Waals surface area (Å²) in [7, 11) is 0. The van der Waals surface area contributed by atoms with Crippen LogP contribution in [-0.4, -0.2) is 22.5 Å². The van der Waals surface area contributed by atoms with E-state index in [9.17, 15) is 9.90 Å². The molecule has 5 nitrogen and oxygen atoms in total. The molecule has 1 saturated carbocycles. The van der Waals surface area contributed by atoms with Crippen LogP contribution in [0.15, 0.2) is 5.10 Å². The van der Waals surface area contributed by atoms with Gasteiger partial charge in [-0.1, -0.05) is 6.92 Å². The average Bonchev–Trinajstić information content (AvgIpc) is 2.00. The van der Waals surface area contributed by atoms with Gasteiger partial charge >= 0.3 is 6.03 Å². The average molecular weight is 199 g/mol. The highest BCUT2D eigenvalue weighted by Gasteiger charge is 2.34. The second-order valence-corrected chi connectivity index (χ2v) is 4.16. The topological polar surface area (TPSA) is 87.7 Å². The molecule has 5 heteroatoms. The first-order chi connectivity index (χ1) is 6.42. The second-order valence-electron chi connectivity index (χ2n) is 4.16. The lowest BCUT2D eigenvalue weighted by atomic mass is 9.79. The molecule has 1 rings (SSSR count). The number of urea groups is 1. The van der Waals surface area contributed by atoms with Crippen molar-refractivity contribution in [2.75, 3.05) is 0 Å². The Morgan fingerprint density at radius 2 is 2.43 bits per heavy atom. The molecule has 2 amide bonds. The van der Waals surface area contributed by atoms with Crippen LogP contribution >= 0.6 is 0 Å². The van der Waals surface area contributed by atoms with Crippen molar-refractivity contribution in [2.45, 2.75) is 38.7 Å². The summed E-state index contributed by atoms with van der Waals surface area (Å²) in [6.45, 7) is 3.80. The zero-order chi connectivity index (χ0) is 10.8. The first-order valence-electron chi connectivity index (χ1n) is 4.76. The van der Waals surface area contributed by atoms with Gasteiger partial charge in [0, 0.05) is 0 Å². The standard InChI is InChI=1S/C9H17N3O2/c1-6-3-4-7(9(2,14)5-6)11-12-8(10)13/h6,14H,3-5H2,1-2H3,(H3,10,12,13)/t6-,9+/m1/s1. The summed E-state index contributed by atoms with van der Waals surface area (Å²) in [5, 5.41) is 13.8. The Labute approximate surface area is 83.4 Å². The van der Waals surface area contributed by atoms with Gasteiger partial charge in [-0.2, -0.15) is 5.10 Å². The smallest absolute Gasteiger partial charge is 0.332 e. The molecule has 2 atom stereocenters. The number of nitrogens with one attached hydrogen (secondary N) is 1. The predicted octanol–water partition coefficient (Wildman–Crippen LogP) is 0.582. The van der Waals surface area contributed by atoms with E-state index in [0.717, 1.165) is 6.42 Å². The lowest BCUT2D eigenvalue weighted by molar-refractivity contribution is 0.0892. The summed E-state index contributed by atoms with van der Waals surface area (Å²) in [4.78, 5) is 10.4. The second kappa shape index (κ2) is 3.96. The fourth-order valence-corrected chi connectivity index (χ4v) is 1.85. The quantitative estimate of drug-likeness (QED) is 0.539. The highest BCUT2D eigenvalue weighted by molar-refractivity contribution is 5.93. The molecular formula is C9H17N3O2. The molecule has 4 N–H and O–H groups in total. The molecule has 1 aliphatic carbocycles. The van der Waals surface area contributed by atoms with E-state index in [2.05, 4.69) is 17.5 Å². The summed E-state index contributed by atoms with van der Waals surface area (Å²) in [5.74, 6) is 0.484. The molecule has 0 aromatic carbocycles. The van der Waals surface area contributed by atoms with E-state index in [0.29, 0.717) is 24.5 Å². The van der Waals surface area contributed by atoms with E-state index in [1.807, 2.05) is 0 Å². The number of carbonyl (C=O) groups excluding carboxylic acids is 1. The molecule has 0 radical (unpaired) electrons. The number of nitrogens with two attached hydrogens (primary N) is 1. The van der Waals surface area contributed by atoms with E-state index in [-0.39, 0.29) is 0 Å². The van der Waals surface area contributed by atoms with Crippen molar-refractivity contribution in [3.8, 4) is 0 Å². The number of rotatable bonds is 1. The molecule has 1 fully saturated rings. The normalized spacial score (nSPS) is 35.6. The van der Waals surface area contributed by atoms with Crippen molar-refractivity contribution in [2.24, 2.45) is 16.8 Å². The van der Waals surface area contributed by atoms with Crippen LogP contribution in [0.4, 0.5) is 4.79 Å². The number of hydrazone groups is 1. The van der Waals surface area contributed by atoms with Crippen LogP contribution in [0.3, 0.4) is 0 Å². The van der Waals surface area contributed by atoms with E-state index >= 15 is 0 Å². The van der Waals surface area contributed by atoms with Gasteiger partial charge in [0.1, 0.15) is 5.60 Å². The molecule has 0 aromatic rings. The highest BCUT2D eigenvalue weighted by atomic mass is 16.3. The summed E-state index contributed by atoms with van der Waals surface area (Å²) in [6, 6.07) is -0.702. The van der Waals surface area contributed by atoms with Gasteiger partial charge in [-0.3, -0.25) is 0 Å². The van der Waals surface area contributed by atoms with Gasteiger partial charge in [0.25, 0.3) is 0 Å². The molecule has 0 bridgehead atoms. The lowest BCUT2D eigenvalue weighted by Gasteiger charge is -2.33. The van der Waals surface area contributed by atoms with Crippen LogP contribution in [0, 0.1) is 5.92 Å². The Balaban J connectivity index is 2.68. The Bertz CT molecular complexity index is 261. The van der Waals surface area contributed by atoms with Gasteiger partial charge in [-0.05, 0) is 32.1 Å². The zero-order valence-corrected chi connectivity index (χ0v) is 8.58. The zero-order valence-electron chi connectivity index (χ0n) is 8.58. The minimum atomic E-state index is -0.917. The van der Waals surface area contributed by atoms with Gasteiger partial charge in [0.2, 0.25) is 0 Å². The van der Waals surface area contributed by atoms with E-state index in [4.69, 9.17) is 5.73 Å². The van der Waals surface area contributed by atoms with Gasteiger partial charge in [0.15, 0.2) is 0 Å². The van der Waals surface area contributed by atoms with Gasteiger partial charge < -0.3 is 10.8 Å². The van der Waals surface area contributed by atoms with E-state index in [1.54, 1.807) is 6.92 Å². The van der Waals surface area contributed by atoms with Gasteiger partial charge in [-0.25, -0.2) is 10.2 Å². The first-order valence-corrected chi connectivity index (χ1v) is 4.76. The Hall–Kier alpha value is -1.10. The Morgan fingerprint density at radius 3 is 2.93 bits per heavy atom. The number of amides is 2. The number of aliphatic hydroxyl groups is 1. The maximum absolute atomic E-state index is 10.4. The number of primary amides is 1. The maximum atomic E-state index is 10.4. The minimum absolute atomic E-state index is 0.484. The lowest BCUT2D eigenvalue weighted by Crippen LogP contribution is -2.42. The van der Waals surface area contributed by atoms with Crippen LogP contribution in [0.1, 0.15) is 33.1 Å². The Kier molecular flexibility index (Phi) is 3.10. The third kappa shape index (κ3) is 2.70. The molecule has 0 aliphatic heterocycles. The number of hydrogen-bond acceptors (Lipinski definition) is 3. The molecule has 0 spiro atoms. The van der Waals surface area contributed by atoms with Crippen LogP contribution in [0.2, 0.25) is 0 Å². The maximum Gasteiger partial charge on any atom is 0.332 e. The SMILES string of the molecule is C[C@@H]1CCC(=NNC(N)=O)[C@@](C)(O)C1. The van der Waals surface area contributed by atoms with E-state index < -0.39 is 11.6 Å². The minimum Gasteiger partial charge on any atom is -0.384 e. The van der Waals surface area contributed by atoms with Crippen molar-refractivity contribution in [1.29, 1.82) is 0 Å². The summed E-state index contributed by atoms with van der Waals surface area (Å²) >= 11 is 0. The molecule has 0 heterocycles. The van der Waals surface area contributed by atoms with Crippen LogP contribution < -0.4 is 11.2 Å². The molecule has 0 saturated heterocycles. The molecule has 80 valence electrons. The first kappa shape index (κ1) is 11.0. The van der Waals surface area contributed by atoms with Crippen molar-refractivity contribution in [3.05, 3.63) is 0 Å². The fraction of sp³-hybridized carbons (Fsp3) is 0.778. The van der Waals surface area contributed by atoms with Crippen molar-refractivity contribution in [3.63, 3.8) is 0 Å². The monoisotopic (exact) mass is 199 g/mol. The third-order valence-electron chi connectivity index (χ3n) is 2.54. The highest BCUT2D eigenvalue weighted by Crippen LogP contribution is 2.29. The van der Waals surface area contributed by atoms with Crippen molar-refractivity contribution in [1.82, 2.24) is 5.43 Å². The van der Waals surface area contributed by atoms with Crippen LogP contribution in [0.25, 0.3) is 0 Å². The Morgan fingerprint density at radius 1 is 1.79 bits per heavy atom. The van der Waals surface area contributed by atoms with Gasteiger partial charge in [-0.15, -0.1) is 0 Å². The molecular weight excluding hydrogens is 182 g/mol. The summed E-state index contributed by atoms with van der Waals surface area (Å²) in [6.07, 6.45) is 2.36. The predicted molar refractivity (Wildman–Crippen MR) is 53.8 cm³/mol. The number of nitrogens with zero attached hydrogens (tertiary/aromatic N) is 1. The number of hydrogen-bond donors (Lipinski definition) is 3. The van der Waals surface area contributed by atoms with Crippen LogP contribution in [0.5, 0.6) is 0 Å². The van der Waals surface area contributed by atoms with E-state index in [1.165, 1.54) is 0 Å². The fourth-order valence-electron chi connectivity index (χ4n) is 1.85. The third-order valence-corrected chi connectivity index (χ3v) is 2.54. The number of carbonyl (C=O) groups is 1. The summed E-state index contributed by atoms with van der Waals surface area (Å²) < 4.78 is 0. The largest absolute Gasteiger partial charge is 0.384 e. The van der Waals surface area contributed by atoms with Gasteiger partial charge in [0.05, 0.1) is 5.71 Å². The van der Waals surface area contributed by atoms with Crippen LogP contribution in [-0.2, 0) is 0 Å². The summed E-state index contributed by atoms with van der Waals surface area (Å²) in [5.41, 5.74) is 6.73. The molecule has 14 heavy (non-hydrogen) atoms.